The molecule has 0 saturated carbocycles. The molecule has 4 heterocycles. The van der Waals surface area contributed by atoms with E-state index in [0.717, 1.165) is 49.2 Å². The van der Waals surface area contributed by atoms with Gasteiger partial charge in [0.25, 0.3) is 5.91 Å². The van der Waals surface area contributed by atoms with E-state index in [0.29, 0.717) is 31.0 Å². The molecule has 2 aromatic rings. The zero-order valence-corrected chi connectivity index (χ0v) is 19.0. The Balaban J connectivity index is 1.41. The first-order chi connectivity index (χ1) is 16.0. The molecule has 4 aliphatic heterocycles. The Bertz CT molecular complexity index is 1030. The average Bonchev–Trinajstić information content (AvgIpc) is 3.04. The van der Waals surface area contributed by atoms with Crippen LogP contribution in [0.4, 0.5) is 9.18 Å². The molecule has 0 aliphatic carbocycles. The van der Waals surface area contributed by atoms with Gasteiger partial charge in [0, 0.05) is 44.2 Å². The molecule has 4 aliphatic rings. The van der Waals surface area contributed by atoms with Crippen molar-refractivity contribution in [3.63, 3.8) is 0 Å². The predicted octanol–water partition coefficient (Wildman–Crippen LogP) is 2.98. The number of piperidine rings is 3. The number of rotatable bonds is 3. The van der Waals surface area contributed by atoms with E-state index < -0.39 is 0 Å². The van der Waals surface area contributed by atoms with Gasteiger partial charge in [-0.05, 0) is 79.2 Å². The number of benzene rings is 2. The van der Waals surface area contributed by atoms with Crippen LogP contribution in [0.1, 0.15) is 45.8 Å². The molecule has 0 unspecified atom stereocenters. The maximum Gasteiger partial charge on any atom is 0.317 e. The van der Waals surface area contributed by atoms with E-state index in [-0.39, 0.29) is 29.7 Å². The molecule has 0 aromatic heterocycles. The molecule has 7 heteroatoms. The standard InChI is InChI=1S/C26H31FN4O2/c1-28-25(32)20-4-7-22-19(14-20)10-13-31(15-23(22)17-2-5-21(27)6-3-17)26(33)29-24-16-30-11-8-18(24)9-12-30/h2-7,14,18,23-24H,8-13,15-16H2,1H3,(H,28,32)(H,29,33)/t23-,24-/m1/s1. The van der Waals surface area contributed by atoms with Crippen molar-refractivity contribution in [2.45, 2.75) is 31.2 Å². The van der Waals surface area contributed by atoms with Gasteiger partial charge in [-0.2, -0.15) is 0 Å². The highest BCUT2D eigenvalue weighted by Gasteiger charge is 2.36. The van der Waals surface area contributed by atoms with Gasteiger partial charge in [-0.3, -0.25) is 4.79 Å². The van der Waals surface area contributed by atoms with Crippen LogP contribution in [0, 0.1) is 11.7 Å². The van der Waals surface area contributed by atoms with Crippen LogP contribution >= 0.6 is 0 Å². The molecule has 2 atom stereocenters. The molecule has 6 nitrogen and oxygen atoms in total. The summed E-state index contributed by atoms with van der Waals surface area (Å²) in [5.74, 6) is 0.0714. The number of nitrogens with zero attached hydrogens (tertiary/aromatic N) is 2. The summed E-state index contributed by atoms with van der Waals surface area (Å²) in [6.45, 7) is 4.30. The van der Waals surface area contributed by atoms with Crippen LogP contribution < -0.4 is 10.6 Å². The van der Waals surface area contributed by atoms with E-state index in [9.17, 15) is 14.0 Å². The molecule has 3 amide bonds. The van der Waals surface area contributed by atoms with Crippen molar-refractivity contribution in [2.75, 3.05) is 39.8 Å². The van der Waals surface area contributed by atoms with Gasteiger partial charge < -0.3 is 20.4 Å². The van der Waals surface area contributed by atoms with Crippen molar-refractivity contribution >= 4 is 11.9 Å². The third-order valence-corrected chi connectivity index (χ3v) is 7.59. The molecule has 0 radical (unpaired) electrons. The van der Waals surface area contributed by atoms with Crippen LogP contribution in [-0.4, -0.2) is 67.6 Å². The first kappa shape index (κ1) is 21.9. The van der Waals surface area contributed by atoms with Crippen molar-refractivity contribution in [2.24, 2.45) is 5.92 Å². The largest absolute Gasteiger partial charge is 0.355 e. The van der Waals surface area contributed by atoms with Crippen molar-refractivity contribution in [3.05, 3.63) is 70.5 Å². The fourth-order valence-corrected chi connectivity index (χ4v) is 5.66. The third kappa shape index (κ3) is 4.47. The van der Waals surface area contributed by atoms with E-state index in [2.05, 4.69) is 15.5 Å². The topological polar surface area (TPSA) is 64.7 Å². The van der Waals surface area contributed by atoms with Gasteiger partial charge in [-0.15, -0.1) is 0 Å². The summed E-state index contributed by atoms with van der Waals surface area (Å²) >= 11 is 0. The van der Waals surface area contributed by atoms with Crippen molar-refractivity contribution in [3.8, 4) is 0 Å². The van der Waals surface area contributed by atoms with Gasteiger partial charge in [-0.25, -0.2) is 9.18 Å². The Morgan fingerprint density at radius 3 is 2.42 bits per heavy atom. The zero-order valence-electron chi connectivity index (χ0n) is 19.0. The lowest BCUT2D eigenvalue weighted by Gasteiger charge is -2.45. The molecule has 33 heavy (non-hydrogen) atoms. The highest BCUT2D eigenvalue weighted by atomic mass is 19.1. The van der Waals surface area contributed by atoms with Crippen LogP contribution in [0.25, 0.3) is 0 Å². The van der Waals surface area contributed by atoms with E-state index in [4.69, 9.17) is 0 Å². The zero-order chi connectivity index (χ0) is 22.9. The lowest BCUT2D eigenvalue weighted by molar-refractivity contribution is 0.0730. The van der Waals surface area contributed by atoms with Crippen LogP contribution in [0.5, 0.6) is 0 Å². The maximum absolute atomic E-state index is 13.6. The summed E-state index contributed by atoms with van der Waals surface area (Å²) < 4.78 is 13.6. The molecule has 3 fully saturated rings. The number of urea groups is 1. The van der Waals surface area contributed by atoms with Gasteiger partial charge in [0.05, 0.1) is 0 Å². The molecule has 2 aromatic carbocycles. The van der Waals surface area contributed by atoms with E-state index in [1.54, 1.807) is 19.2 Å². The molecule has 2 bridgehead atoms. The Labute approximate surface area is 194 Å². The van der Waals surface area contributed by atoms with Crippen molar-refractivity contribution in [1.82, 2.24) is 20.4 Å². The summed E-state index contributed by atoms with van der Waals surface area (Å²) in [6.07, 6.45) is 2.97. The molecule has 6 rings (SSSR count). The smallest absolute Gasteiger partial charge is 0.317 e. The Morgan fingerprint density at radius 2 is 1.76 bits per heavy atom. The number of halogens is 1. The number of fused-ring (bicyclic) bond motifs is 4. The number of hydrogen-bond acceptors (Lipinski definition) is 3. The molecule has 3 saturated heterocycles. The predicted molar refractivity (Wildman–Crippen MR) is 125 cm³/mol. The Morgan fingerprint density at radius 1 is 1.00 bits per heavy atom. The maximum atomic E-state index is 13.6. The fourth-order valence-electron chi connectivity index (χ4n) is 5.66. The normalized spacial score (nSPS) is 26.3. The second-order valence-electron chi connectivity index (χ2n) is 9.49. The molecular formula is C26H31FN4O2. The molecule has 2 N–H and O–H groups in total. The second-order valence-corrected chi connectivity index (χ2v) is 9.49. The summed E-state index contributed by atoms with van der Waals surface area (Å²) in [7, 11) is 1.62. The van der Waals surface area contributed by atoms with Gasteiger partial charge in [-0.1, -0.05) is 18.2 Å². The minimum Gasteiger partial charge on any atom is -0.355 e. The molecule has 174 valence electrons. The van der Waals surface area contributed by atoms with E-state index in [1.807, 2.05) is 23.1 Å². The Hall–Kier alpha value is -2.93. The number of amides is 3. The minimum atomic E-state index is -0.278. The van der Waals surface area contributed by atoms with Gasteiger partial charge in [0.1, 0.15) is 5.82 Å². The average molecular weight is 451 g/mol. The number of hydrogen-bond donors (Lipinski definition) is 2. The summed E-state index contributed by atoms with van der Waals surface area (Å²) in [5.41, 5.74) is 3.73. The third-order valence-electron chi connectivity index (χ3n) is 7.59. The SMILES string of the molecule is CNC(=O)c1ccc2c(c1)CCN(C(=O)N[C@@H]1CN3CCC1CC3)C[C@@H]2c1ccc(F)cc1. The van der Waals surface area contributed by atoms with Crippen LogP contribution in [0.15, 0.2) is 42.5 Å². The monoisotopic (exact) mass is 450 g/mol. The van der Waals surface area contributed by atoms with Crippen LogP contribution in [0.3, 0.4) is 0 Å². The quantitative estimate of drug-likeness (QED) is 0.756. The lowest BCUT2D eigenvalue weighted by Crippen LogP contribution is -2.59. The second kappa shape index (κ2) is 9.14. The minimum absolute atomic E-state index is 0.0276. The first-order valence-electron chi connectivity index (χ1n) is 11.9. The van der Waals surface area contributed by atoms with Crippen LogP contribution in [0.2, 0.25) is 0 Å². The first-order valence-corrected chi connectivity index (χ1v) is 11.9. The number of carbonyl (C=O) groups is 2. The number of carbonyl (C=O) groups excluding carboxylic acids is 2. The molecule has 0 spiro atoms. The summed E-state index contributed by atoms with van der Waals surface area (Å²) in [5, 5.41) is 6.00. The van der Waals surface area contributed by atoms with Crippen molar-refractivity contribution < 1.29 is 14.0 Å². The van der Waals surface area contributed by atoms with Crippen molar-refractivity contribution in [1.29, 1.82) is 0 Å². The highest BCUT2D eigenvalue weighted by Crippen LogP contribution is 2.33. The highest BCUT2D eigenvalue weighted by molar-refractivity contribution is 5.94. The summed E-state index contributed by atoms with van der Waals surface area (Å²) in [6, 6.07) is 12.5. The van der Waals surface area contributed by atoms with Gasteiger partial charge in [0.15, 0.2) is 0 Å². The van der Waals surface area contributed by atoms with E-state index in [1.165, 1.54) is 12.1 Å². The van der Waals surface area contributed by atoms with E-state index >= 15 is 0 Å². The Kier molecular flexibility index (Phi) is 6.06. The van der Waals surface area contributed by atoms with Gasteiger partial charge >= 0.3 is 6.03 Å². The lowest BCUT2D eigenvalue weighted by atomic mass is 9.84. The summed E-state index contributed by atoms with van der Waals surface area (Å²) in [4.78, 5) is 29.9. The van der Waals surface area contributed by atoms with Crippen LogP contribution in [-0.2, 0) is 6.42 Å². The number of nitrogens with one attached hydrogen (secondary N) is 2. The molecular weight excluding hydrogens is 419 g/mol. The fraction of sp³-hybridized carbons (Fsp3) is 0.462. The van der Waals surface area contributed by atoms with Gasteiger partial charge in [0.2, 0.25) is 0 Å².